The first kappa shape index (κ1) is 14.3. The molecule has 2 N–H and O–H groups in total. The van der Waals surface area contributed by atoms with Crippen molar-refractivity contribution in [2.75, 3.05) is 25.9 Å². The van der Waals surface area contributed by atoms with E-state index in [2.05, 4.69) is 10.0 Å². The van der Waals surface area contributed by atoms with E-state index in [0.29, 0.717) is 13.1 Å². The summed E-state index contributed by atoms with van der Waals surface area (Å²) in [7, 11) is -3.16. The fraction of sp³-hybridized carbons (Fsp3) is 1.00. The largest absolute Gasteiger partial charge is 0.316 e. The van der Waals surface area contributed by atoms with Crippen LogP contribution in [0.4, 0.5) is 0 Å². The van der Waals surface area contributed by atoms with Crippen molar-refractivity contribution in [2.24, 2.45) is 0 Å². The van der Waals surface area contributed by atoms with Crippen LogP contribution >= 0.6 is 11.8 Å². The monoisotopic (exact) mass is 266 g/mol. The number of rotatable bonds is 8. The molecule has 1 unspecified atom stereocenters. The Morgan fingerprint density at radius 1 is 1.44 bits per heavy atom. The second-order valence-corrected chi connectivity index (χ2v) is 7.83. The van der Waals surface area contributed by atoms with Gasteiger partial charge in [0, 0.05) is 17.8 Å². The minimum atomic E-state index is -3.16. The van der Waals surface area contributed by atoms with E-state index in [-0.39, 0.29) is 10.00 Å². The van der Waals surface area contributed by atoms with E-state index < -0.39 is 10.0 Å². The summed E-state index contributed by atoms with van der Waals surface area (Å²) < 4.78 is 26.7. The third-order valence-corrected chi connectivity index (χ3v) is 6.24. The lowest BCUT2D eigenvalue weighted by Gasteiger charge is -2.17. The van der Waals surface area contributed by atoms with Gasteiger partial charge in [-0.3, -0.25) is 0 Å². The van der Waals surface area contributed by atoms with Crippen LogP contribution in [0.25, 0.3) is 0 Å². The molecular weight excluding hydrogens is 244 g/mol. The van der Waals surface area contributed by atoms with Crippen LogP contribution < -0.4 is 10.0 Å². The van der Waals surface area contributed by atoms with Crippen LogP contribution in [0.15, 0.2) is 0 Å². The fourth-order valence-electron chi connectivity index (χ4n) is 1.42. The Hall–Kier alpha value is 0.220. The molecule has 0 aromatic heterocycles. The molecule has 0 aromatic rings. The molecule has 0 spiro atoms. The first-order valence-corrected chi connectivity index (χ1v) is 8.47. The average molecular weight is 266 g/mol. The molecule has 4 nitrogen and oxygen atoms in total. The maximum absolute atomic E-state index is 11.9. The second-order valence-electron chi connectivity index (χ2n) is 4.37. The Balaban J connectivity index is 2.39. The zero-order valence-electron chi connectivity index (χ0n) is 10.2. The molecule has 96 valence electrons. The molecule has 0 aliphatic heterocycles. The van der Waals surface area contributed by atoms with Crippen LogP contribution in [-0.4, -0.2) is 44.3 Å². The van der Waals surface area contributed by atoms with Crippen molar-refractivity contribution >= 4 is 21.8 Å². The summed E-state index contributed by atoms with van der Waals surface area (Å²) in [6.45, 7) is 5.60. The lowest BCUT2D eigenvalue weighted by Crippen LogP contribution is -2.41. The first-order chi connectivity index (χ1) is 7.46. The van der Waals surface area contributed by atoms with Crippen molar-refractivity contribution in [3.63, 3.8) is 0 Å². The van der Waals surface area contributed by atoms with E-state index in [4.69, 9.17) is 0 Å². The highest BCUT2D eigenvalue weighted by Gasteiger charge is 2.42. The molecule has 1 rings (SSSR count). The normalized spacial score (nSPS) is 20.7. The molecule has 1 atom stereocenters. The predicted molar refractivity (Wildman–Crippen MR) is 70.4 cm³/mol. The van der Waals surface area contributed by atoms with E-state index in [1.165, 1.54) is 0 Å². The Kier molecular flexibility index (Phi) is 5.10. The third-order valence-electron chi connectivity index (χ3n) is 3.05. The van der Waals surface area contributed by atoms with E-state index in [0.717, 1.165) is 19.4 Å². The summed E-state index contributed by atoms with van der Waals surface area (Å²) in [5.74, 6) is 0. The molecular formula is C10H22N2O2S2. The van der Waals surface area contributed by atoms with Gasteiger partial charge in [0.2, 0.25) is 10.0 Å². The van der Waals surface area contributed by atoms with E-state index in [9.17, 15) is 8.42 Å². The van der Waals surface area contributed by atoms with E-state index in [1.54, 1.807) is 18.7 Å². The minimum Gasteiger partial charge on any atom is -0.316 e. The molecule has 0 saturated heterocycles. The van der Waals surface area contributed by atoms with Crippen LogP contribution in [0.2, 0.25) is 0 Å². The minimum absolute atomic E-state index is 0.185. The second kappa shape index (κ2) is 5.71. The van der Waals surface area contributed by atoms with Gasteiger partial charge in [-0.05, 0) is 32.6 Å². The lowest BCUT2D eigenvalue weighted by molar-refractivity contribution is 0.558. The van der Waals surface area contributed by atoms with Gasteiger partial charge in [-0.2, -0.15) is 11.8 Å². The molecule has 1 saturated carbocycles. The van der Waals surface area contributed by atoms with Gasteiger partial charge in [-0.15, -0.1) is 0 Å². The van der Waals surface area contributed by atoms with Gasteiger partial charge in [-0.25, -0.2) is 13.1 Å². The number of nitrogens with one attached hydrogen (secondary N) is 2. The topological polar surface area (TPSA) is 58.2 Å². The Bertz CT molecular complexity index is 313. The molecule has 0 bridgehead atoms. The fourth-order valence-corrected chi connectivity index (χ4v) is 3.34. The van der Waals surface area contributed by atoms with Gasteiger partial charge >= 0.3 is 0 Å². The van der Waals surface area contributed by atoms with Crippen molar-refractivity contribution in [3.05, 3.63) is 0 Å². The van der Waals surface area contributed by atoms with Gasteiger partial charge < -0.3 is 5.32 Å². The number of thioether (sulfide) groups is 1. The van der Waals surface area contributed by atoms with Crippen LogP contribution in [0.1, 0.15) is 26.7 Å². The zero-order chi connectivity index (χ0) is 12.2. The van der Waals surface area contributed by atoms with Crippen molar-refractivity contribution in [2.45, 2.75) is 36.7 Å². The predicted octanol–water partition coefficient (Wildman–Crippen LogP) is 0.799. The maximum atomic E-state index is 11.9. The highest BCUT2D eigenvalue weighted by atomic mass is 32.2. The number of sulfonamides is 1. The highest BCUT2D eigenvalue weighted by molar-refractivity contribution is 8.00. The van der Waals surface area contributed by atoms with Crippen LogP contribution in [0.5, 0.6) is 0 Å². The smallest absolute Gasteiger partial charge is 0.215 e. The SMILES string of the molecule is CCNCC(C)S(=O)(=O)NCC1(SC)CC1. The van der Waals surface area contributed by atoms with Crippen LogP contribution in [0.3, 0.4) is 0 Å². The number of hydrogen-bond donors (Lipinski definition) is 2. The van der Waals surface area contributed by atoms with Gasteiger partial charge in [0.05, 0.1) is 5.25 Å². The first-order valence-electron chi connectivity index (χ1n) is 5.70. The maximum Gasteiger partial charge on any atom is 0.215 e. The molecule has 0 heterocycles. The van der Waals surface area contributed by atoms with Crippen molar-refractivity contribution in [1.82, 2.24) is 10.0 Å². The molecule has 1 aliphatic rings. The molecule has 0 radical (unpaired) electrons. The van der Waals surface area contributed by atoms with Crippen LogP contribution in [0, 0.1) is 0 Å². The molecule has 0 aromatic carbocycles. The van der Waals surface area contributed by atoms with E-state index >= 15 is 0 Å². The summed E-state index contributed by atoms with van der Waals surface area (Å²) in [6.07, 6.45) is 4.29. The number of hydrogen-bond acceptors (Lipinski definition) is 4. The van der Waals surface area contributed by atoms with Crippen molar-refractivity contribution in [3.8, 4) is 0 Å². The van der Waals surface area contributed by atoms with Gasteiger partial charge in [0.1, 0.15) is 0 Å². The van der Waals surface area contributed by atoms with Crippen molar-refractivity contribution < 1.29 is 8.42 Å². The van der Waals surface area contributed by atoms with Crippen LogP contribution in [-0.2, 0) is 10.0 Å². The summed E-state index contributed by atoms with van der Waals surface area (Å²) >= 11 is 1.77. The quantitative estimate of drug-likeness (QED) is 0.682. The average Bonchev–Trinajstić information content (AvgIpc) is 3.04. The van der Waals surface area contributed by atoms with Gasteiger partial charge in [-0.1, -0.05) is 6.92 Å². The summed E-state index contributed by atoms with van der Waals surface area (Å²) in [6, 6.07) is 0. The molecule has 0 amide bonds. The molecule has 16 heavy (non-hydrogen) atoms. The zero-order valence-corrected chi connectivity index (χ0v) is 11.9. The Morgan fingerprint density at radius 3 is 2.50 bits per heavy atom. The Labute approximate surface area is 103 Å². The van der Waals surface area contributed by atoms with E-state index in [1.807, 2.05) is 13.2 Å². The molecule has 1 fully saturated rings. The lowest BCUT2D eigenvalue weighted by atomic mass is 10.4. The molecule has 6 heteroatoms. The Morgan fingerprint density at radius 2 is 2.06 bits per heavy atom. The standard InChI is InChI=1S/C10H22N2O2S2/c1-4-11-7-9(2)16(13,14)12-8-10(15-3)5-6-10/h9,11-12H,4-8H2,1-3H3. The third kappa shape index (κ3) is 3.91. The summed E-state index contributed by atoms with van der Waals surface area (Å²) in [4.78, 5) is 0. The molecule has 1 aliphatic carbocycles. The van der Waals surface area contributed by atoms with Gasteiger partial charge in [0.25, 0.3) is 0 Å². The van der Waals surface area contributed by atoms with Gasteiger partial charge in [0.15, 0.2) is 0 Å². The summed E-state index contributed by atoms with van der Waals surface area (Å²) in [5, 5.41) is 2.69. The van der Waals surface area contributed by atoms with Crippen molar-refractivity contribution in [1.29, 1.82) is 0 Å². The highest BCUT2D eigenvalue weighted by Crippen LogP contribution is 2.46. The summed E-state index contributed by atoms with van der Waals surface area (Å²) in [5.41, 5.74) is 0.